The first kappa shape index (κ1) is 13.4. The number of nitrogens with zero attached hydrogens (tertiary/aromatic N) is 1. The quantitative estimate of drug-likeness (QED) is 0.769. The third kappa shape index (κ3) is 2.37. The first-order valence-electron chi connectivity index (χ1n) is 6.16. The molecule has 18 heavy (non-hydrogen) atoms. The summed E-state index contributed by atoms with van der Waals surface area (Å²) in [5.74, 6) is 1.08. The van der Waals surface area contributed by atoms with E-state index < -0.39 is 10.0 Å². The predicted octanol–water partition coefficient (Wildman–Crippen LogP) is 2.11. The second-order valence-electron chi connectivity index (χ2n) is 4.70. The van der Waals surface area contributed by atoms with E-state index in [2.05, 4.69) is 13.8 Å². The van der Waals surface area contributed by atoms with Gasteiger partial charge in [0.05, 0.1) is 12.0 Å². The molecule has 1 aromatic rings. The van der Waals surface area contributed by atoms with Crippen LogP contribution < -0.4 is 4.74 Å². The molecule has 1 aromatic carbocycles. The van der Waals surface area contributed by atoms with E-state index in [1.54, 1.807) is 35.7 Å². The Morgan fingerprint density at radius 2 is 2.00 bits per heavy atom. The zero-order valence-electron chi connectivity index (χ0n) is 11.0. The summed E-state index contributed by atoms with van der Waals surface area (Å²) in [6.07, 6.45) is 0.999. The molecule has 0 saturated carbocycles. The smallest absolute Gasteiger partial charge is 0.243 e. The van der Waals surface area contributed by atoms with Crippen LogP contribution in [0.1, 0.15) is 20.3 Å². The second kappa shape index (κ2) is 4.90. The van der Waals surface area contributed by atoms with E-state index in [-0.39, 0.29) is 6.04 Å². The van der Waals surface area contributed by atoms with Crippen LogP contribution in [0.3, 0.4) is 0 Å². The van der Waals surface area contributed by atoms with E-state index in [1.807, 2.05) is 0 Å². The van der Waals surface area contributed by atoms with Crippen LogP contribution >= 0.6 is 0 Å². The van der Waals surface area contributed by atoms with E-state index >= 15 is 0 Å². The summed E-state index contributed by atoms with van der Waals surface area (Å²) in [7, 11) is -1.75. The highest BCUT2D eigenvalue weighted by Crippen LogP contribution is 2.34. The fraction of sp³-hybridized carbons (Fsp3) is 0.538. The molecule has 0 aromatic heterocycles. The highest BCUT2D eigenvalue weighted by atomic mass is 32.2. The molecule has 0 radical (unpaired) electrons. The third-order valence-corrected chi connectivity index (χ3v) is 5.48. The largest absolute Gasteiger partial charge is 0.497 e. The van der Waals surface area contributed by atoms with Gasteiger partial charge in [-0.15, -0.1) is 0 Å². The van der Waals surface area contributed by atoms with Crippen LogP contribution in [0.25, 0.3) is 0 Å². The number of hydrogen-bond donors (Lipinski definition) is 0. The maximum atomic E-state index is 12.3. The van der Waals surface area contributed by atoms with Gasteiger partial charge < -0.3 is 4.74 Å². The maximum absolute atomic E-state index is 12.3. The summed E-state index contributed by atoms with van der Waals surface area (Å²) in [6, 6.07) is 6.71. The Balaban J connectivity index is 2.17. The summed E-state index contributed by atoms with van der Waals surface area (Å²) in [4.78, 5) is 0.342. The Bertz CT molecular complexity index is 510. The lowest BCUT2D eigenvalue weighted by Crippen LogP contribution is -2.17. The number of hydrogen-bond acceptors (Lipinski definition) is 3. The maximum Gasteiger partial charge on any atom is 0.243 e. The van der Waals surface area contributed by atoms with Gasteiger partial charge in [0.25, 0.3) is 0 Å². The number of methoxy groups -OCH3 is 1. The minimum Gasteiger partial charge on any atom is -0.497 e. The van der Waals surface area contributed by atoms with Crippen molar-refractivity contribution >= 4 is 10.0 Å². The van der Waals surface area contributed by atoms with Crippen molar-refractivity contribution in [1.82, 2.24) is 4.31 Å². The van der Waals surface area contributed by atoms with Gasteiger partial charge in [-0.25, -0.2) is 8.42 Å². The van der Waals surface area contributed by atoms with Gasteiger partial charge in [-0.3, -0.25) is 0 Å². The van der Waals surface area contributed by atoms with Gasteiger partial charge in [0, 0.05) is 12.6 Å². The lowest BCUT2D eigenvalue weighted by Gasteiger charge is -2.10. The van der Waals surface area contributed by atoms with Crippen molar-refractivity contribution in [2.24, 2.45) is 5.92 Å². The average Bonchev–Trinajstić information content (AvgIpc) is 3.18. The minimum atomic E-state index is -3.32. The molecule has 0 bridgehead atoms. The van der Waals surface area contributed by atoms with Gasteiger partial charge in [-0.1, -0.05) is 20.3 Å². The standard InChI is InChI=1S/C13H19NO3S/c1-4-10(2)13-9-14(13)18(15,16)12-7-5-11(17-3)6-8-12/h5-8,10,13H,4,9H2,1-3H3/t10-,13+,14?/m0/s1. The van der Waals surface area contributed by atoms with Crippen molar-refractivity contribution in [2.45, 2.75) is 31.2 Å². The molecule has 1 aliphatic heterocycles. The molecule has 2 rings (SSSR count). The fourth-order valence-corrected chi connectivity index (χ4v) is 3.70. The third-order valence-electron chi connectivity index (χ3n) is 3.57. The molecule has 0 spiro atoms. The lowest BCUT2D eigenvalue weighted by molar-refractivity contribution is 0.414. The van der Waals surface area contributed by atoms with E-state index in [9.17, 15) is 8.42 Å². The van der Waals surface area contributed by atoms with E-state index in [4.69, 9.17) is 4.74 Å². The Hall–Kier alpha value is -1.07. The Morgan fingerprint density at radius 3 is 2.50 bits per heavy atom. The summed E-state index contributed by atoms with van der Waals surface area (Å²) in [6.45, 7) is 4.82. The number of rotatable bonds is 5. The van der Waals surface area contributed by atoms with Crippen LogP contribution in [-0.2, 0) is 10.0 Å². The topological polar surface area (TPSA) is 46.4 Å². The van der Waals surface area contributed by atoms with E-state index in [0.29, 0.717) is 23.1 Å². The molecule has 1 unspecified atom stereocenters. The number of sulfonamides is 1. The molecular formula is C13H19NO3S. The van der Waals surface area contributed by atoms with Gasteiger partial charge in [0.15, 0.2) is 0 Å². The van der Waals surface area contributed by atoms with Gasteiger partial charge in [0.1, 0.15) is 5.75 Å². The summed E-state index contributed by atoms with van der Waals surface area (Å²) in [5, 5.41) is 0. The van der Waals surface area contributed by atoms with Crippen LogP contribution in [0.15, 0.2) is 29.2 Å². The van der Waals surface area contributed by atoms with Gasteiger partial charge in [-0.2, -0.15) is 4.31 Å². The molecule has 0 aliphatic carbocycles. The second-order valence-corrected chi connectivity index (χ2v) is 6.59. The lowest BCUT2D eigenvalue weighted by atomic mass is 10.1. The zero-order valence-corrected chi connectivity index (χ0v) is 11.8. The molecule has 4 nitrogen and oxygen atoms in total. The highest BCUT2D eigenvalue weighted by Gasteiger charge is 2.46. The monoisotopic (exact) mass is 269 g/mol. The van der Waals surface area contributed by atoms with Crippen LogP contribution in [0, 0.1) is 5.92 Å². The van der Waals surface area contributed by atoms with E-state index in [0.717, 1.165) is 6.42 Å². The normalized spacial score (nSPS) is 24.6. The molecular weight excluding hydrogens is 250 g/mol. The summed E-state index contributed by atoms with van der Waals surface area (Å²) in [5.41, 5.74) is 0. The minimum absolute atomic E-state index is 0.169. The van der Waals surface area contributed by atoms with Crippen molar-refractivity contribution in [3.63, 3.8) is 0 Å². The van der Waals surface area contributed by atoms with Crippen molar-refractivity contribution in [3.8, 4) is 5.75 Å². The van der Waals surface area contributed by atoms with E-state index in [1.165, 1.54) is 0 Å². The predicted molar refractivity (Wildman–Crippen MR) is 70.1 cm³/mol. The molecule has 100 valence electrons. The average molecular weight is 269 g/mol. The molecule has 1 fully saturated rings. The Morgan fingerprint density at radius 1 is 1.39 bits per heavy atom. The van der Waals surface area contributed by atoms with Gasteiger partial charge >= 0.3 is 0 Å². The van der Waals surface area contributed by atoms with Crippen LogP contribution in [0.2, 0.25) is 0 Å². The highest BCUT2D eigenvalue weighted by molar-refractivity contribution is 7.89. The Kier molecular flexibility index (Phi) is 3.64. The number of benzene rings is 1. The molecule has 3 atom stereocenters. The van der Waals surface area contributed by atoms with Gasteiger partial charge in [0.2, 0.25) is 10.0 Å². The van der Waals surface area contributed by atoms with Crippen molar-refractivity contribution in [1.29, 1.82) is 0 Å². The summed E-state index contributed by atoms with van der Waals surface area (Å²) < 4.78 is 31.2. The molecule has 1 heterocycles. The SMILES string of the molecule is CC[C@H](C)[C@H]1CN1S(=O)(=O)c1ccc(OC)cc1. The first-order chi connectivity index (χ1) is 8.50. The first-order valence-corrected chi connectivity index (χ1v) is 7.60. The van der Waals surface area contributed by atoms with Crippen LogP contribution in [-0.4, -0.2) is 32.4 Å². The van der Waals surface area contributed by atoms with Crippen molar-refractivity contribution in [3.05, 3.63) is 24.3 Å². The molecule has 5 heteroatoms. The van der Waals surface area contributed by atoms with Crippen LogP contribution in [0.5, 0.6) is 5.75 Å². The summed E-state index contributed by atoms with van der Waals surface area (Å²) >= 11 is 0. The molecule has 0 N–H and O–H groups in total. The van der Waals surface area contributed by atoms with Crippen molar-refractivity contribution in [2.75, 3.05) is 13.7 Å². The molecule has 1 saturated heterocycles. The van der Waals surface area contributed by atoms with Crippen LogP contribution in [0.4, 0.5) is 0 Å². The molecule has 0 amide bonds. The molecule has 1 aliphatic rings. The van der Waals surface area contributed by atoms with Crippen molar-refractivity contribution < 1.29 is 13.2 Å². The number of ether oxygens (including phenoxy) is 1. The van der Waals surface area contributed by atoms with Gasteiger partial charge in [-0.05, 0) is 30.2 Å². The fourth-order valence-electron chi connectivity index (χ4n) is 2.03. The zero-order chi connectivity index (χ0) is 13.3. The Labute approximate surface area is 109 Å².